The van der Waals surface area contributed by atoms with E-state index in [9.17, 15) is 0 Å². The van der Waals surface area contributed by atoms with Crippen molar-refractivity contribution >= 4 is 131 Å². The first-order valence-corrected chi connectivity index (χ1v) is 39.8. The van der Waals surface area contributed by atoms with Crippen molar-refractivity contribution in [3.8, 4) is 22.3 Å². The Morgan fingerprint density at radius 3 is 0.595 bits per heavy atom. The number of aromatic nitrogens is 6. The topological polar surface area (TPSA) is 29.6 Å². The lowest BCUT2D eigenvalue weighted by Gasteiger charge is -2.21. The molecule has 0 fully saturated rings. The van der Waals surface area contributed by atoms with Crippen molar-refractivity contribution in [3.05, 3.63) is 338 Å². The van der Waals surface area contributed by atoms with E-state index in [1.807, 2.05) is 0 Å². The first kappa shape index (κ1) is 75.7. The monoisotopic (exact) mass is 1450 g/mol. The highest BCUT2D eigenvalue weighted by molar-refractivity contribution is 6.14. The number of aryl methyl sites for hydroxylation is 6. The summed E-state index contributed by atoms with van der Waals surface area (Å²) in [6, 6.07) is 113. The Kier molecular flexibility index (Phi) is 22.0. The van der Waals surface area contributed by atoms with Crippen LogP contribution >= 0.6 is 0 Å². The molecule has 0 saturated heterocycles. The van der Waals surface area contributed by atoms with Crippen LogP contribution in [0, 0.1) is 0 Å². The Bertz CT molecular complexity index is 6050. The lowest BCUT2D eigenvalue weighted by Crippen LogP contribution is -2.14. The van der Waals surface area contributed by atoms with Gasteiger partial charge < -0.3 is 27.4 Å². The summed E-state index contributed by atoms with van der Waals surface area (Å²) < 4.78 is 13.6. The number of benzene rings is 14. The van der Waals surface area contributed by atoms with Gasteiger partial charge in [-0.15, -0.1) is 0 Å². The summed E-state index contributed by atoms with van der Waals surface area (Å²) in [5.41, 5.74) is 27.1. The minimum atomic E-state index is 0.0660. The van der Waals surface area contributed by atoms with Gasteiger partial charge in [-0.1, -0.05) is 319 Å². The van der Waals surface area contributed by atoms with Crippen molar-refractivity contribution in [1.29, 1.82) is 0 Å². The summed E-state index contributed by atoms with van der Waals surface area (Å²) in [6.45, 7) is 22.1. The van der Waals surface area contributed by atoms with Gasteiger partial charge in [0.05, 0.1) is 0 Å². The van der Waals surface area contributed by atoms with E-state index in [0.29, 0.717) is 0 Å². The first-order chi connectivity index (χ1) is 53.9. The zero-order chi connectivity index (χ0) is 77.8. The van der Waals surface area contributed by atoms with Gasteiger partial charge in [0.2, 0.25) is 0 Å². The molecule has 6 heteroatoms. The molecule has 0 atom stereocenters. The largest absolute Gasteiger partial charge is 0.344 e. The van der Waals surface area contributed by atoms with Gasteiger partial charge in [-0.05, 0) is 129 Å². The Balaban J connectivity index is 0.000000110. The summed E-state index contributed by atoms with van der Waals surface area (Å²) in [5, 5.41) is 16.1. The normalized spacial score (nSPS) is 12.4. The number of fused-ring (bicyclic) bond motifs is 24. The van der Waals surface area contributed by atoms with Gasteiger partial charge in [-0.2, -0.15) is 0 Å². The quantitative estimate of drug-likeness (QED) is 0.145. The molecule has 0 unspecified atom stereocenters. The van der Waals surface area contributed by atoms with Crippen LogP contribution in [0.2, 0.25) is 0 Å². The molecule has 6 aromatic heterocycles. The van der Waals surface area contributed by atoms with Gasteiger partial charge in [0.1, 0.15) is 0 Å². The molecule has 0 saturated carbocycles. The molecular weight excluding hydrogens is 1350 g/mol. The van der Waals surface area contributed by atoms with Crippen LogP contribution in [0.15, 0.2) is 315 Å². The Labute approximate surface area is 655 Å². The maximum Gasteiger partial charge on any atom is 0.0495 e. The summed E-state index contributed by atoms with van der Waals surface area (Å²) in [5.74, 6) is 0. The van der Waals surface area contributed by atoms with E-state index in [1.165, 1.54) is 195 Å². The fraction of sp³-hybridized carbons (Fsp3) is 0.200. The summed E-state index contributed by atoms with van der Waals surface area (Å²) in [4.78, 5) is 0. The van der Waals surface area contributed by atoms with Crippen LogP contribution in [0.5, 0.6) is 0 Å². The van der Waals surface area contributed by atoms with E-state index in [2.05, 4.69) is 454 Å². The molecule has 556 valence electrons. The Morgan fingerprint density at radius 1 is 0.171 bits per heavy atom. The maximum absolute atomic E-state index is 2.42. The van der Waals surface area contributed by atoms with Gasteiger partial charge in [0.25, 0.3) is 0 Å². The molecule has 0 radical (unpaired) electrons. The molecular formula is C105H106N6. The van der Waals surface area contributed by atoms with E-state index in [4.69, 9.17) is 0 Å². The third-order valence-corrected chi connectivity index (χ3v) is 22.5. The Hall–Kier alpha value is -12.1. The number of nitrogens with zero attached hydrogens (tertiary/aromatic N) is 6. The molecule has 111 heavy (non-hydrogen) atoms. The van der Waals surface area contributed by atoms with Crippen molar-refractivity contribution in [2.45, 2.75) is 99.3 Å². The number of para-hydroxylation sites is 10. The molecule has 2 aliphatic carbocycles. The highest BCUT2D eigenvalue weighted by Crippen LogP contribution is 2.52. The highest BCUT2D eigenvalue weighted by atomic mass is 15.0. The standard InChI is InChI=1S/2C22H19N.4C13H11N.3C3H8/c1-22(2)18-10-6-4-8-14(18)16-13-21-17(12-19(16)22)15-9-5-7-11-20(15)23(21)3;1-22(2)18-10-6-4-8-14(18)16-12-17-15-9-5-7-11-20(15)23(3)21(17)13-19(16)22;4*1-14-12-8-4-2-6-10(12)11-7-3-5-9-13(11)14;3*1-3-2/h2*4-13H,1-3H3;4*2-9H,1H3;3*3H2,1-2H3. The predicted molar refractivity (Wildman–Crippen MR) is 486 cm³/mol. The van der Waals surface area contributed by atoms with Gasteiger partial charge in [-0.3, -0.25) is 0 Å². The fourth-order valence-electron chi connectivity index (χ4n) is 17.2. The second kappa shape index (κ2) is 32.2. The van der Waals surface area contributed by atoms with Crippen LogP contribution in [-0.2, 0) is 53.1 Å². The van der Waals surface area contributed by atoms with Crippen LogP contribution in [0.3, 0.4) is 0 Å². The molecule has 0 N–H and O–H groups in total. The number of hydrogen-bond donors (Lipinski definition) is 0. The fourth-order valence-corrected chi connectivity index (χ4v) is 17.2. The minimum Gasteiger partial charge on any atom is -0.344 e. The number of hydrogen-bond acceptors (Lipinski definition) is 0. The molecule has 0 amide bonds. The molecule has 0 aliphatic heterocycles. The minimum absolute atomic E-state index is 0.0660. The summed E-state index contributed by atoms with van der Waals surface area (Å²) >= 11 is 0. The average Bonchev–Trinajstić information content (AvgIpc) is 1.56. The van der Waals surface area contributed by atoms with Gasteiger partial charge in [-0.25, -0.2) is 0 Å². The zero-order valence-electron chi connectivity index (χ0n) is 67.8. The highest BCUT2D eigenvalue weighted by Gasteiger charge is 2.37. The van der Waals surface area contributed by atoms with E-state index >= 15 is 0 Å². The van der Waals surface area contributed by atoms with Gasteiger partial charge in [0, 0.05) is 184 Å². The SMILES string of the molecule is CCC.CCC.CCC.Cn1c2ccccc2c2cc3c(cc21)-c1ccccc1C3(C)C.Cn1c2ccccc2c2cc3c(cc21)C(C)(C)c1ccccc1-3.Cn1c2ccccc2c2ccccc21.Cn1c2ccccc2c2ccccc21.Cn1c2ccccc2c2ccccc21.Cn1c2ccccc2c2ccccc21. The third kappa shape index (κ3) is 13.7. The van der Waals surface area contributed by atoms with Crippen molar-refractivity contribution in [3.63, 3.8) is 0 Å². The molecule has 20 aromatic rings. The van der Waals surface area contributed by atoms with Crippen LogP contribution in [0.25, 0.3) is 153 Å². The summed E-state index contributed by atoms with van der Waals surface area (Å²) in [7, 11) is 12.8. The van der Waals surface area contributed by atoms with Crippen molar-refractivity contribution in [1.82, 2.24) is 27.4 Å². The van der Waals surface area contributed by atoms with Crippen LogP contribution in [-0.4, -0.2) is 27.4 Å². The lowest BCUT2D eigenvalue weighted by atomic mass is 9.82. The zero-order valence-corrected chi connectivity index (χ0v) is 67.8. The molecule has 22 rings (SSSR count). The molecule has 0 spiro atoms. The Morgan fingerprint density at radius 2 is 0.342 bits per heavy atom. The van der Waals surface area contributed by atoms with E-state index in [0.717, 1.165) is 0 Å². The maximum atomic E-state index is 2.42. The third-order valence-electron chi connectivity index (χ3n) is 22.5. The van der Waals surface area contributed by atoms with E-state index < -0.39 is 0 Å². The van der Waals surface area contributed by atoms with E-state index in [-0.39, 0.29) is 10.8 Å². The smallest absolute Gasteiger partial charge is 0.0495 e. The predicted octanol–water partition coefficient (Wildman–Crippen LogP) is 28.9. The second-order valence-electron chi connectivity index (χ2n) is 30.8. The molecule has 6 heterocycles. The molecule has 0 bridgehead atoms. The second-order valence-corrected chi connectivity index (χ2v) is 30.8. The van der Waals surface area contributed by atoms with E-state index in [1.54, 1.807) is 0 Å². The van der Waals surface area contributed by atoms with Gasteiger partial charge >= 0.3 is 0 Å². The average molecular weight is 1450 g/mol. The molecule has 6 nitrogen and oxygen atoms in total. The lowest BCUT2D eigenvalue weighted by molar-refractivity contribution is 0.661. The van der Waals surface area contributed by atoms with Crippen LogP contribution < -0.4 is 0 Å². The molecule has 2 aliphatic rings. The molecule has 14 aromatic carbocycles. The van der Waals surface area contributed by atoms with Crippen LogP contribution in [0.4, 0.5) is 0 Å². The summed E-state index contributed by atoms with van der Waals surface area (Å²) in [6.07, 6.45) is 3.75. The first-order valence-electron chi connectivity index (χ1n) is 39.8. The van der Waals surface area contributed by atoms with Crippen molar-refractivity contribution < 1.29 is 0 Å². The van der Waals surface area contributed by atoms with Gasteiger partial charge in [0.15, 0.2) is 0 Å². The van der Waals surface area contributed by atoms with Crippen molar-refractivity contribution in [2.75, 3.05) is 0 Å². The van der Waals surface area contributed by atoms with Crippen molar-refractivity contribution in [2.24, 2.45) is 42.3 Å². The number of rotatable bonds is 0. The van der Waals surface area contributed by atoms with Crippen LogP contribution in [0.1, 0.15) is 111 Å².